The first kappa shape index (κ1) is 16.5. The van der Waals surface area contributed by atoms with Crippen molar-refractivity contribution in [3.63, 3.8) is 0 Å². The average molecular weight is 314 g/mol. The second-order valence-corrected chi connectivity index (χ2v) is 8.55. The molecular weight excluding hydrogens is 288 g/mol. The zero-order chi connectivity index (χ0) is 15.7. The molecule has 0 amide bonds. The molecule has 21 heavy (non-hydrogen) atoms. The monoisotopic (exact) mass is 314 g/mol. The average Bonchev–Trinajstić information content (AvgIpc) is 3.10. The number of H-pyrrole nitrogens is 1. The van der Waals surface area contributed by atoms with Gasteiger partial charge in [-0.05, 0) is 24.2 Å². The van der Waals surface area contributed by atoms with E-state index in [0.717, 1.165) is 0 Å². The van der Waals surface area contributed by atoms with Crippen molar-refractivity contribution in [2.75, 3.05) is 6.54 Å². The molecule has 0 atom stereocenters. The maximum atomic E-state index is 12.4. The third kappa shape index (κ3) is 4.28. The van der Waals surface area contributed by atoms with Gasteiger partial charge in [-0.2, -0.15) is 5.10 Å². The first-order chi connectivity index (χ1) is 9.72. The van der Waals surface area contributed by atoms with E-state index in [1.807, 2.05) is 0 Å². The Labute approximate surface area is 127 Å². The highest BCUT2D eigenvalue weighted by molar-refractivity contribution is 7.89. The van der Waals surface area contributed by atoms with E-state index >= 15 is 0 Å². The van der Waals surface area contributed by atoms with Crippen molar-refractivity contribution < 1.29 is 8.42 Å². The van der Waals surface area contributed by atoms with Crippen LogP contribution in [0.2, 0.25) is 0 Å². The van der Waals surface area contributed by atoms with Gasteiger partial charge in [0.05, 0.1) is 6.20 Å². The summed E-state index contributed by atoms with van der Waals surface area (Å²) in [6, 6.07) is 0.531. The summed E-state index contributed by atoms with van der Waals surface area (Å²) < 4.78 is 27.6. The van der Waals surface area contributed by atoms with E-state index < -0.39 is 10.0 Å². The van der Waals surface area contributed by atoms with Crippen LogP contribution in [-0.4, -0.2) is 31.2 Å². The summed E-state index contributed by atoms with van der Waals surface area (Å²) in [6.07, 6.45) is 3.92. The summed E-state index contributed by atoms with van der Waals surface area (Å²) in [5.74, 6) is 0.387. The van der Waals surface area contributed by atoms with Gasteiger partial charge < -0.3 is 5.32 Å². The Morgan fingerprint density at radius 3 is 2.67 bits per heavy atom. The van der Waals surface area contributed by atoms with E-state index in [9.17, 15) is 8.42 Å². The number of hydrogen-bond acceptors (Lipinski definition) is 4. The first-order valence-electron chi connectivity index (χ1n) is 7.47. The second kappa shape index (κ2) is 6.06. The van der Waals surface area contributed by atoms with E-state index in [1.54, 1.807) is 6.20 Å². The van der Waals surface area contributed by atoms with Crippen molar-refractivity contribution in [3.8, 4) is 0 Å². The van der Waals surface area contributed by atoms with Crippen LogP contribution in [0.1, 0.15) is 46.1 Å². The molecule has 7 heteroatoms. The standard InChI is InChI=1S/C14H26N4O2S/c1-10(2)14(3,4)9-17-21(19,20)13-11(8-16-18-13)7-15-12-5-6-12/h8,10,12,15,17H,5-7,9H2,1-4H3,(H,16,18). The van der Waals surface area contributed by atoms with Gasteiger partial charge in [-0.3, -0.25) is 5.10 Å². The maximum Gasteiger partial charge on any atom is 0.257 e. The van der Waals surface area contributed by atoms with Crippen LogP contribution >= 0.6 is 0 Å². The highest BCUT2D eigenvalue weighted by atomic mass is 32.2. The summed E-state index contributed by atoms with van der Waals surface area (Å²) in [7, 11) is -3.55. The lowest BCUT2D eigenvalue weighted by Crippen LogP contribution is -2.37. The molecule has 6 nitrogen and oxygen atoms in total. The number of hydrogen-bond donors (Lipinski definition) is 3. The van der Waals surface area contributed by atoms with Crippen LogP contribution in [0, 0.1) is 11.3 Å². The molecule has 0 aromatic carbocycles. The Kier molecular flexibility index (Phi) is 4.75. The first-order valence-corrected chi connectivity index (χ1v) is 8.96. The van der Waals surface area contributed by atoms with E-state index in [2.05, 4.69) is 47.9 Å². The summed E-state index contributed by atoms with van der Waals surface area (Å²) in [5, 5.41) is 9.98. The molecule has 1 aromatic heterocycles. The van der Waals surface area contributed by atoms with Gasteiger partial charge in [-0.25, -0.2) is 13.1 Å². The number of aromatic amines is 1. The van der Waals surface area contributed by atoms with Gasteiger partial charge in [0.25, 0.3) is 10.0 Å². The van der Waals surface area contributed by atoms with Crippen LogP contribution in [0.25, 0.3) is 0 Å². The Balaban J connectivity index is 2.03. The molecular formula is C14H26N4O2S. The molecule has 1 aromatic rings. The van der Waals surface area contributed by atoms with Gasteiger partial charge in [-0.1, -0.05) is 27.7 Å². The largest absolute Gasteiger partial charge is 0.310 e. The van der Waals surface area contributed by atoms with Crippen molar-refractivity contribution in [1.82, 2.24) is 20.2 Å². The molecule has 1 fully saturated rings. The Bertz CT molecular complexity index is 574. The number of nitrogens with zero attached hydrogens (tertiary/aromatic N) is 1. The quantitative estimate of drug-likeness (QED) is 0.680. The predicted molar refractivity (Wildman–Crippen MR) is 82.3 cm³/mol. The molecule has 0 radical (unpaired) electrons. The molecule has 1 aliphatic carbocycles. The van der Waals surface area contributed by atoms with E-state index in [1.165, 1.54) is 12.8 Å². The van der Waals surface area contributed by atoms with Gasteiger partial charge in [0.2, 0.25) is 0 Å². The van der Waals surface area contributed by atoms with Gasteiger partial charge in [0.15, 0.2) is 5.03 Å². The molecule has 0 saturated heterocycles. The molecule has 1 aliphatic rings. The van der Waals surface area contributed by atoms with Gasteiger partial charge in [0, 0.05) is 24.7 Å². The SMILES string of the molecule is CC(C)C(C)(C)CNS(=O)(=O)c1[nH]ncc1CNC1CC1. The molecule has 2 rings (SSSR count). The van der Waals surface area contributed by atoms with E-state index in [-0.39, 0.29) is 10.4 Å². The molecule has 0 unspecified atom stereocenters. The Morgan fingerprint density at radius 1 is 1.43 bits per heavy atom. The Hall–Kier alpha value is -0.920. The van der Waals surface area contributed by atoms with Crippen molar-refractivity contribution in [1.29, 1.82) is 0 Å². The maximum absolute atomic E-state index is 12.4. The van der Waals surface area contributed by atoms with Crippen molar-refractivity contribution >= 4 is 10.0 Å². The number of aromatic nitrogens is 2. The van der Waals surface area contributed by atoms with Crippen molar-refractivity contribution in [2.45, 2.75) is 58.1 Å². The molecule has 1 heterocycles. The number of rotatable bonds is 8. The minimum atomic E-state index is -3.55. The predicted octanol–water partition coefficient (Wildman–Crippen LogP) is 1.62. The van der Waals surface area contributed by atoms with Crippen LogP contribution in [-0.2, 0) is 16.6 Å². The molecule has 0 bridgehead atoms. The molecule has 0 aliphatic heterocycles. The van der Waals surface area contributed by atoms with Crippen LogP contribution in [0.5, 0.6) is 0 Å². The number of sulfonamides is 1. The van der Waals surface area contributed by atoms with Crippen molar-refractivity contribution in [3.05, 3.63) is 11.8 Å². The molecule has 0 spiro atoms. The van der Waals surface area contributed by atoms with Gasteiger partial charge >= 0.3 is 0 Å². The lowest BCUT2D eigenvalue weighted by atomic mass is 9.81. The lowest BCUT2D eigenvalue weighted by Gasteiger charge is -2.29. The summed E-state index contributed by atoms with van der Waals surface area (Å²) in [4.78, 5) is 0. The number of nitrogens with one attached hydrogen (secondary N) is 3. The zero-order valence-electron chi connectivity index (χ0n) is 13.2. The Morgan fingerprint density at radius 2 is 2.10 bits per heavy atom. The van der Waals surface area contributed by atoms with Gasteiger partial charge in [-0.15, -0.1) is 0 Å². The summed E-state index contributed by atoms with van der Waals surface area (Å²) >= 11 is 0. The van der Waals surface area contributed by atoms with E-state index in [0.29, 0.717) is 30.6 Å². The fraction of sp³-hybridized carbons (Fsp3) is 0.786. The smallest absolute Gasteiger partial charge is 0.257 e. The normalized spacial score (nSPS) is 16.6. The van der Waals surface area contributed by atoms with Crippen LogP contribution in [0.15, 0.2) is 11.2 Å². The third-order valence-electron chi connectivity index (χ3n) is 4.39. The summed E-state index contributed by atoms with van der Waals surface area (Å²) in [5.41, 5.74) is 0.594. The van der Waals surface area contributed by atoms with Gasteiger partial charge in [0.1, 0.15) is 0 Å². The molecule has 120 valence electrons. The minimum absolute atomic E-state index is 0.0977. The third-order valence-corrected chi connectivity index (χ3v) is 5.80. The fourth-order valence-electron chi connectivity index (χ4n) is 1.76. The van der Waals surface area contributed by atoms with Crippen LogP contribution in [0.4, 0.5) is 0 Å². The highest BCUT2D eigenvalue weighted by Crippen LogP contribution is 2.26. The zero-order valence-corrected chi connectivity index (χ0v) is 14.0. The lowest BCUT2D eigenvalue weighted by molar-refractivity contribution is 0.252. The highest BCUT2D eigenvalue weighted by Gasteiger charge is 2.28. The molecule has 1 saturated carbocycles. The van der Waals surface area contributed by atoms with E-state index in [4.69, 9.17) is 0 Å². The minimum Gasteiger partial charge on any atom is -0.310 e. The fourth-order valence-corrected chi connectivity index (χ4v) is 3.11. The summed E-state index contributed by atoms with van der Waals surface area (Å²) in [6.45, 7) is 9.24. The topological polar surface area (TPSA) is 86.9 Å². The van der Waals surface area contributed by atoms with Crippen LogP contribution < -0.4 is 10.0 Å². The second-order valence-electron chi connectivity index (χ2n) is 6.85. The van der Waals surface area contributed by atoms with Crippen molar-refractivity contribution in [2.24, 2.45) is 11.3 Å². The molecule has 3 N–H and O–H groups in total. The van der Waals surface area contributed by atoms with Crippen LogP contribution in [0.3, 0.4) is 0 Å².